The Bertz CT molecular complexity index is 1960. The van der Waals surface area contributed by atoms with Crippen LogP contribution in [0.5, 0.6) is 0 Å². The lowest BCUT2D eigenvalue weighted by Gasteiger charge is -2.29. The number of hydrogen-bond acceptors (Lipinski definition) is 6. The van der Waals surface area contributed by atoms with E-state index >= 15 is 0 Å². The Kier molecular flexibility index (Phi) is 65.9. The molecule has 0 saturated heterocycles. The quantitative estimate of drug-likeness (QED) is 0.0272. The van der Waals surface area contributed by atoms with Gasteiger partial charge >= 0.3 is 0 Å². The summed E-state index contributed by atoms with van der Waals surface area (Å²) < 4.78 is 23.4. The molecule has 0 bridgehead atoms. The van der Waals surface area contributed by atoms with Crippen LogP contribution in [0.25, 0.3) is 0 Å². The molecule has 0 aliphatic carbocycles. The number of phosphoric ester groups is 1. The van der Waals surface area contributed by atoms with Crippen molar-refractivity contribution in [3.05, 3.63) is 146 Å². The molecule has 0 aromatic heterocycles. The Morgan fingerprint density at radius 3 is 1.04 bits per heavy atom. The first-order valence-electron chi connectivity index (χ1n) is 36.7. The maximum atomic E-state index is 13.0. The number of unbranched alkanes of at least 4 members (excludes halogenated alkanes) is 31. The lowest BCUT2D eigenvalue weighted by Crippen LogP contribution is -2.45. The second kappa shape index (κ2) is 68.7. The maximum Gasteiger partial charge on any atom is 0.268 e. The summed E-state index contributed by atoms with van der Waals surface area (Å²) in [5.41, 5.74) is 0. The van der Waals surface area contributed by atoms with Gasteiger partial charge in [-0.25, -0.2) is 0 Å². The molecule has 0 radical (unpaired) electrons. The van der Waals surface area contributed by atoms with E-state index in [0.29, 0.717) is 17.4 Å². The van der Waals surface area contributed by atoms with Gasteiger partial charge in [0.1, 0.15) is 13.2 Å². The number of amides is 1. The number of nitrogens with one attached hydrogen (secondary N) is 1. The Hall–Kier alpha value is -3.62. The lowest BCUT2D eigenvalue weighted by atomic mass is 10.0. The number of carbonyl (C=O) groups excluding carboxylic acids is 1. The van der Waals surface area contributed by atoms with Crippen LogP contribution in [-0.2, 0) is 18.4 Å². The van der Waals surface area contributed by atoms with Crippen molar-refractivity contribution in [2.24, 2.45) is 0 Å². The van der Waals surface area contributed by atoms with Crippen LogP contribution < -0.4 is 10.2 Å². The minimum atomic E-state index is -4.62. The van der Waals surface area contributed by atoms with Crippen molar-refractivity contribution in [1.82, 2.24) is 5.32 Å². The number of likely N-dealkylation sites (N-methyl/N-ethyl adjacent to an activating group) is 1. The molecule has 2 N–H and O–H groups in total. The van der Waals surface area contributed by atoms with Crippen LogP contribution in [0.3, 0.4) is 0 Å². The van der Waals surface area contributed by atoms with Crippen LogP contribution in [0, 0.1) is 0 Å². The number of carbonyl (C=O) groups is 1. The molecule has 0 aliphatic rings. The zero-order valence-corrected chi connectivity index (χ0v) is 59.2. The number of quaternary nitrogens is 1. The van der Waals surface area contributed by atoms with Gasteiger partial charge in [-0.05, 0) is 109 Å². The van der Waals surface area contributed by atoms with Crippen molar-refractivity contribution < 1.29 is 32.9 Å². The Labute approximate surface area is 550 Å². The number of phosphoric acid groups is 1. The van der Waals surface area contributed by atoms with Crippen molar-refractivity contribution >= 4 is 13.7 Å². The van der Waals surface area contributed by atoms with Gasteiger partial charge in [0.2, 0.25) is 5.91 Å². The molecule has 9 heteroatoms. The van der Waals surface area contributed by atoms with Crippen LogP contribution >= 0.6 is 7.82 Å². The summed E-state index contributed by atoms with van der Waals surface area (Å²) in [6.45, 7) is 4.53. The number of aliphatic hydroxyl groups excluding tert-OH is 1. The Balaban J connectivity index is 4.14. The molecule has 0 aromatic carbocycles. The molecule has 1 amide bonds. The van der Waals surface area contributed by atoms with Gasteiger partial charge in [-0.2, -0.15) is 0 Å². The van der Waals surface area contributed by atoms with Gasteiger partial charge in [0.05, 0.1) is 39.9 Å². The average Bonchev–Trinajstić information content (AvgIpc) is 3.61. The van der Waals surface area contributed by atoms with Gasteiger partial charge in [-0.15, -0.1) is 0 Å². The number of allylic oxidation sites excluding steroid dienone is 23. The van der Waals surface area contributed by atoms with E-state index in [1.165, 1.54) is 167 Å². The monoisotopic (exact) mass is 1260 g/mol. The largest absolute Gasteiger partial charge is 0.756 e. The summed E-state index contributed by atoms with van der Waals surface area (Å²) in [5.74, 6) is -0.215. The second-order valence-electron chi connectivity index (χ2n) is 25.6. The molecule has 0 fully saturated rings. The first kappa shape index (κ1) is 85.4. The fraction of sp³-hybridized carbons (Fsp3) is 0.688. The van der Waals surface area contributed by atoms with Crippen molar-refractivity contribution in [2.75, 3.05) is 40.9 Å². The smallest absolute Gasteiger partial charge is 0.268 e. The van der Waals surface area contributed by atoms with E-state index in [9.17, 15) is 19.4 Å². The molecule has 510 valence electrons. The Morgan fingerprint density at radius 2 is 0.697 bits per heavy atom. The molecular weight excluding hydrogens is 1120 g/mol. The summed E-state index contributed by atoms with van der Waals surface area (Å²) >= 11 is 0. The van der Waals surface area contributed by atoms with E-state index in [0.717, 1.165) is 116 Å². The van der Waals surface area contributed by atoms with Crippen molar-refractivity contribution in [1.29, 1.82) is 0 Å². The summed E-state index contributed by atoms with van der Waals surface area (Å²) in [6.07, 6.45) is 105. The topological polar surface area (TPSA) is 108 Å². The molecule has 0 heterocycles. The van der Waals surface area contributed by atoms with Gasteiger partial charge in [0.15, 0.2) is 0 Å². The fourth-order valence-electron chi connectivity index (χ4n) is 10.1. The zero-order valence-electron chi connectivity index (χ0n) is 58.3. The first-order valence-corrected chi connectivity index (χ1v) is 38.2. The highest BCUT2D eigenvalue weighted by Crippen LogP contribution is 2.38. The predicted molar refractivity (Wildman–Crippen MR) is 389 cm³/mol. The van der Waals surface area contributed by atoms with Crippen molar-refractivity contribution in [3.63, 3.8) is 0 Å². The molecule has 3 unspecified atom stereocenters. The van der Waals surface area contributed by atoms with Crippen LogP contribution in [0.4, 0.5) is 0 Å². The summed E-state index contributed by atoms with van der Waals surface area (Å²) in [4.78, 5) is 25.6. The minimum absolute atomic E-state index is 0.0133. The highest BCUT2D eigenvalue weighted by Gasteiger charge is 2.23. The number of nitrogens with zero attached hydrogens (tertiary/aromatic N) is 1. The van der Waals surface area contributed by atoms with Gasteiger partial charge in [-0.1, -0.05) is 333 Å². The van der Waals surface area contributed by atoms with Crippen LogP contribution in [0.1, 0.15) is 303 Å². The van der Waals surface area contributed by atoms with E-state index in [4.69, 9.17) is 9.05 Å². The van der Waals surface area contributed by atoms with Crippen LogP contribution in [-0.4, -0.2) is 68.5 Å². The van der Waals surface area contributed by atoms with Crippen LogP contribution in [0.15, 0.2) is 146 Å². The Morgan fingerprint density at radius 1 is 0.404 bits per heavy atom. The third-order valence-corrected chi connectivity index (χ3v) is 16.7. The van der Waals surface area contributed by atoms with E-state index < -0.39 is 26.6 Å². The number of rotatable bonds is 66. The average molecular weight is 1260 g/mol. The lowest BCUT2D eigenvalue weighted by molar-refractivity contribution is -0.870. The predicted octanol–water partition coefficient (Wildman–Crippen LogP) is 23.3. The standard InChI is InChI=1S/C80H139N2O6P/c1-6-8-10-12-14-16-18-20-22-24-26-28-30-32-34-35-36-37-38-39-40-41-42-43-44-45-46-47-48-50-52-54-56-58-60-62-64-66-68-70-72-74-80(84)81-78(77-88-89(85,86)87-76-75-82(3,4)5)79(83)73-71-69-67-65-63-61-59-57-55-53-51-49-33-31-29-27-25-23-21-19-17-15-13-11-9-7-2/h8,10,14,16,20,22,26,28,32,34,36-37,39-40,42-43,45-46,48,50,63,65,71,73,78-79,83H,6-7,9,11-13,15,17-19,21,23-25,27,29-31,33,35,38,41,44,47,49,51-62,64,66-70,72,74-77H2,1-5H3,(H-,81,84,85,86)/b10-8-,16-14-,22-20-,28-26-,34-32-,37-36-,40-39-,43-42-,46-45-,50-48-,65-63+,73-71+. The molecule has 3 atom stereocenters. The molecule has 8 nitrogen and oxygen atoms in total. The molecule has 0 aromatic rings. The highest BCUT2D eigenvalue weighted by molar-refractivity contribution is 7.45. The molecule has 0 spiro atoms. The SMILES string of the molecule is CC/C=C\C/C=C\C/C=C\C/C=C\C/C=C\C/C=C\C/C=C\C/C=C\C/C=C\C/C=C\CCCCCCCCCCCCC(=O)NC(COP(=O)([O-])OCC[N+](C)(C)C)C(O)/C=C/CC/C=C/CCCCCCCCCCCCCCCCCCCCCC. The summed E-state index contributed by atoms with van der Waals surface area (Å²) in [5, 5.41) is 13.9. The highest BCUT2D eigenvalue weighted by atomic mass is 31.2. The van der Waals surface area contributed by atoms with E-state index in [1.807, 2.05) is 27.2 Å². The maximum absolute atomic E-state index is 13.0. The molecule has 0 rings (SSSR count). The van der Waals surface area contributed by atoms with Gasteiger partial charge in [-0.3, -0.25) is 9.36 Å². The third kappa shape index (κ3) is 71.7. The summed E-state index contributed by atoms with van der Waals surface area (Å²) in [6, 6.07) is -0.917. The molecule has 0 aliphatic heterocycles. The van der Waals surface area contributed by atoms with Gasteiger partial charge in [0, 0.05) is 6.42 Å². The van der Waals surface area contributed by atoms with E-state index in [1.54, 1.807) is 6.08 Å². The first-order chi connectivity index (χ1) is 43.5. The van der Waals surface area contributed by atoms with Gasteiger partial charge in [0.25, 0.3) is 7.82 Å². The third-order valence-electron chi connectivity index (χ3n) is 15.8. The molecule has 0 saturated carbocycles. The van der Waals surface area contributed by atoms with E-state index in [2.05, 4.69) is 153 Å². The van der Waals surface area contributed by atoms with Crippen molar-refractivity contribution in [3.8, 4) is 0 Å². The molecular formula is C80H139N2O6P. The second-order valence-corrected chi connectivity index (χ2v) is 27.0. The van der Waals surface area contributed by atoms with Crippen LogP contribution in [0.2, 0.25) is 0 Å². The van der Waals surface area contributed by atoms with Crippen molar-refractivity contribution in [2.45, 2.75) is 315 Å². The summed E-state index contributed by atoms with van der Waals surface area (Å²) in [7, 11) is 1.23. The normalized spacial score (nSPS) is 14.5. The van der Waals surface area contributed by atoms with Gasteiger partial charge < -0.3 is 28.8 Å². The van der Waals surface area contributed by atoms with E-state index in [-0.39, 0.29) is 12.5 Å². The minimum Gasteiger partial charge on any atom is -0.756 e. The molecule has 89 heavy (non-hydrogen) atoms. The number of hydrogen-bond donors (Lipinski definition) is 2. The zero-order chi connectivity index (χ0) is 64.8. The number of aliphatic hydroxyl groups is 1. The fourth-order valence-corrected chi connectivity index (χ4v) is 10.9.